The molecule has 1 aliphatic rings. The normalized spacial score (nSPS) is 20.6. The molecule has 5 nitrogen and oxygen atoms in total. The number of sulfonamides is 1. The van der Waals surface area contributed by atoms with Crippen LogP contribution in [0.3, 0.4) is 0 Å². The fourth-order valence-corrected chi connectivity index (χ4v) is 3.55. The highest BCUT2D eigenvalue weighted by atomic mass is 79.9. The third-order valence-electron chi connectivity index (χ3n) is 3.36. The fraction of sp³-hybridized carbons (Fsp3) is 0.462. The van der Waals surface area contributed by atoms with Crippen LogP contribution in [0, 0.1) is 5.92 Å². The van der Waals surface area contributed by atoms with Crippen molar-refractivity contribution in [2.24, 2.45) is 5.92 Å². The summed E-state index contributed by atoms with van der Waals surface area (Å²) >= 11 is 3.37. The van der Waals surface area contributed by atoms with E-state index >= 15 is 0 Å². The van der Waals surface area contributed by atoms with Crippen molar-refractivity contribution in [3.63, 3.8) is 0 Å². The highest BCUT2D eigenvalue weighted by Crippen LogP contribution is 2.24. The van der Waals surface area contributed by atoms with Crippen LogP contribution in [0.4, 0.5) is 5.69 Å². The first-order valence-corrected chi connectivity index (χ1v) is 9.02. The number of nitrogens with one attached hydrogen (secondary N) is 1. The van der Waals surface area contributed by atoms with Crippen molar-refractivity contribution in [2.45, 2.75) is 12.8 Å². The van der Waals surface area contributed by atoms with Crippen molar-refractivity contribution in [1.82, 2.24) is 4.31 Å². The van der Waals surface area contributed by atoms with Gasteiger partial charge in [0.1, 0.15) is 0 Å². The van der Waals surface area contributed by atoms with Gasteiger partial charge in [0.25, 0.3) is 0 Å². The van der Waals surface area contributed by atoms with E-state index in [1.165, 1.54) is 10.6 Å². The number of hydrogen-bond donors (Lipinski definition) is 1. The molecule has 1 saturated heterocycles. The largest absolute Gasteiger partial charge is 0.325 e. The number of benzene rings is 1. The van der Waals surface area contributed by atoms with Crippen LogP contribution in [-0.4, -0.2) is 38.0 Å². The Hall–Kier alpha value is -0.920. The Morgan fingerprint density at radius 1 is 1.40 bits per heavy atom. The summed E-state index contributed by atoms with van der Waals surface area (Å²) < 4.78 is 25.3. The first kappa shape index (κ1) is 15.5. The molecule has 1 aliphatic heterocycles. The minimum Gasteiger partial charge on any atom is -0.325 e. The van der Waals surface area contributed by atoms with Gasteiger partial charge in [-0.3, -0.25) is 4.79 Å². The first-order valence-electron chi connectivity index (χ1n) is 6.38. The van der Waals surface area contributed by atoms with Crippen LogP contribution in [-0.2, 0) is 14.8 Å². The van der Waals surface area contributed by atoms with Crippen LogP contribution in [0.25, 0.3) is 0 Å². The van der Waals surface area contributed by atoms with Crippen molar-refractivity contribution in [1.29, 1.82) is 0 Å². The maximum absolute atomic E-state index is 12.2. The van der Waals surface area contributed by atoms with Crippen LogP contribution < -0.4 is 5.32 Å². The molecular weight excluding hydrogens is 344 g/mol. The molecule has 110 valence electrons. The summed E-state index contributed by atoms with van der Waals surface area (Å²) in [4.78, 5) is 12.2. The monoisotopic (exact) mass is 360 g/mol. The second-order valence-corrected chi connectivity index (χ2v) is 7.77. The van der Waals surface area contributed by atoms with Gasteiger partial charge >= 0.3 is 0 Å². The Kier molecular flexibility index (Phi) is 4.82. The zero-order chi connectivity index (χ0) is 14.8. The number of hydrogen-bond acceptors (Lipinski definition) is 3. The summed E-state index contributed by atoms with van der Waals surface area (Å²) in [6.07, 6.45) is 2.60. The van der Waals surface area contributed by atoms with Gasteiger partial charge in [0.15, 0.2) is 0 Å². The summed E-state index contributed by atoms with van der Waals surface area (Å²) in [5.74, 6) is -0.434. The topological polar surface area (TPSA) is 66.5 Å². The Morgan fingerprint density at radius 3 is 2.75 bits per heavy atom. The Morgan fingerprint density at radius 2 is 2.10 bits per heavy atom. The molecule has 0 radical (unpaired) electrons. The van der Waals surface area contributed by atoms with Crippen LogP contribution in [0.15, 0.2) is 28.7 Å². The zero-order valence-electron chi connectivity index (χ0n) is 11.2. The van der Waals surface area contributed by atoms with Gasteiger partial charge in [-0.05, 0) is 40.9 Å². The average Bonchev–Trinajstić information content (AvgIpc) is 2.40. The maximum atomic E-state index is 12.2. The van der Waals surface area contributed by atoms with Crippen molar-refractivity contribution < 1.29 is 13.2 Å². The summed E-state index contributed by atoms with van der Waals surface area (Å²) in [6.45, 7) is 0.757. The Balaban J connectivity index is 2.04. The van der Waals surface area contributed by atoms with E-state index in [0.29, 0.717) is 25.1 Å². The van der Waals surface area contributed by atoms with Gasteiger partial charge in [0.2, 0.25) is 15.9 Å². The lowest BCUT2D eigenvalue weighted by Crippen LogP contribution is -2.43. The van der Waals surface area contributed by atoms with Crippen LogP contribution >= 0.6 is 15.9 Å². The fourth-order valence-electron chi connectivity index (χ4n) is 2.26. The van der Waals surface area contributed by atoms with E-state index in [2.05, 4.69) is 21.2 Å². The van der Waals surface area contributed by atoms with Gasteiger partial charge in [-0.2, -0.15) is 0 Å². The minimum absolute atomic E-state index is 0.134. The summed E-state index contributed by atoms with van der Waals surface area (Å²) in [5.41, 5.74) is 0.703. The summed E-state index contributed by atoms with van der Waals surface area (Å²) in [5, 5.41) is 2.84. The van der Waals surface area contributed by atoms with Crippen molar-refractivity contribution >= 4 is 37.5 Å². The number of anilines is 1. The molecule has 2 rings (SSSR count). The van der Waals surface area contributed by atoms with Crippen molar-refractivity contribution in [2.75, 3.05) is 24.7 Å². The minimum atomic E-state index is -3.23. The number of piperidine rings is 1. The molecule has 1 heterocycles. The van der Waals surface area contributed by atoms with Crippen LogP contribution in [0.2, 0.25) is 0 Å². The zero-order valence-corrected chi connectivity index (χ0v) is 13.6. The van der Waals surface area contributed by atoms with Gasteiger partial charge in [-0.25, -0.2) is 12.7 Å². The third-order valence-corrected chi connectivity index (χ3v) is 5.32. The molecule has 0 unspecified atom stereocenters. The van der Waals surface area contributed by atoms with Crippen LogP contribution in [0.5, 0.6) is 0 Å². The molecule has 20 heavy (non-hydrogen) atoms. The Labute approximate surface area is 127 Å². The highest BCUT2D eigenvalue weighted by molar-refractivity contribution is 9.10. The highest BCUT2D eigenvalue weighted by Gasteiger charge is 2.30. The molecular formula is C13H17BrN2O3S. The molecule has 1 N–H and O–H groups in total. The van der Waals surface area contributed by atoms with Gasteiger partial charge < -0.3 is 5.32 Å². The number of halogens is 1. The van der Waals surface area contributed by atoms with Gasteiger partial charge in [-0.1, -0.05) is 12.1 Å². The SMILES string of the molecule is CS(=O)(=O)N1CCC[C@H](C(=O)Nc2ccccc2Br)C1. The molecule has 1 aromatic rings. The van der Waals surface area contributed by atoms with Crippen molar-refractivity contribution in [3.8, 4) is 0 Å². The quantitative estimate of drug-likeness (QED) is 0.896. The molecule has 0 aromatic heterocycles. The summed E-state index contributed by atoms with van der Waals surface area (Å²) in [6, 6.07) is 7.36. The van der Waals surface area contributed by atoms with E-state index in [1.54, 1.807) is 6.07 Å². The molecule has 0 bridgehead atoms. The smallest absolute Gasteiger partial charge is 0.228 e. The van der Waals surface area contributed by atoms with E-state index in [-0.39, 0.29) is 18.4 Å². The van der Waals surface area contributed by atoms with Gasteiger partial charge in [0, 0.05) is 17.6 Å². The number of carbonyl (C=O) groups excluding carboxylic acids is 1. The van der Waals surface area contributed by atoms with E-state index < -0.39 is 10.0 Å². The van der Waals surface area contributed by atoms with E-state index in [1.807, 2.05) is 18.2 Å². The molecule has 1 atom stereocenters. The molecule has 7 heteroatoms. The number of nitrogens with zero attached hydrogens (tertiary/aromatic N) is 1. The predicted octanol–water partition coefficient (Wildman–Crippen LogP) is 2.06. The number of para-hydroxylation sites is 1. The Bertz CT molecular complexity index is 603. The lowest BCUT2D eigenvalue weighted by atomic mass is 9.99. The predicted molar refractivity (Wildman–Crippen MR) is 81.9 cm³/mol. The van der Waals surface area contributed by atoms with Gasteiger partial charge in [-0.15, -0.1) is 0 Å². The van der Waals surface area contributed by atoms with Gasteiger partial charge in [0.05, 0.1) is 17.9 Å². The lowest BCUT2D eigenvalue weighted by Gasteiger charge is -2.30. The maximum Gasteiger partial charge on any atom is 0.228 e. The number of carbonyl (C=O) groups is 1. The second-order valence-electron chi connectivity index (χ2n) is 4.93. The number of amides is 1. The molecule has 0 spiro atoms. The third kappa shape index (κ3) is 3.80. The average molecular weight is 361 g/mol. The number of rotatable bonds is 3. The van der Waals surface area contributed by atoms with Crippen molar-refractivity contribution in [3.05, 3.63) is 28.7 Å². The molecule has 1 aromatic carbocycles. The van der Waals surface area contributed by atoms with E-state index in [9.17, 15) is 13.2 Å². The summed E-state index contributed by atoms with van der Waals surface area (Å²) in [7, 11) is -3.23. The molecule has 1 amide bonds. The molecule has 0 saturated carbocycles. The lowest BCUT2D eigenvalue weighted by molar-refractivity contribution is -0.120. The second kappa shape index (κ2) is 6.24. The van der Waals surface area contributed by atoms with Crippen LogP contribution in [0.1, 0.15) is 12.8 Å². The standard InChI is InChI=1S/C13H17BrN2O3S/c1-20(18,19)16-8-4-5-10(9-16)13(17)15-12-7-3-2-6-11(12)14/h2-3,6-7,10H,4-5,8-9H2,1H3,(H,15,17)/t10-/m0/s1. The van der Waals surface area contributed by atoms with E-state index in [0.717, 1.165) is 4.47 Å². The first-order chi connectivity index (χ1) is 9.38. The van der Waals surface area contributed by atoms with E-state index in [4.69, 9.17) is 0 Å². The molecule has 0 aliphatic carbocycles. The molecule has 1 fully saturated rings.